The Hall–Kier alpha value is -0.860. The van der Waals surface area contributed by atoms with Crippen LogP contribution < -0.4 is 0 Å². The molecule has 0 saturated carbocycles. The molecule has 1 atom stereocenters. The predicted octanol–water partition coefficient (Wildman–Crippen LogP) is 1.41. The van der Waals surface area contributed by atoms with E-state index >= 15 is 0 Å². The molecule has 0 saturated heterocycles. The summed E-state index contributed by atoms with van der Waals surface area (Å²) in [6.45, 7) is 7.29. The van der Waals surface area contributed by atoms with Crippen molar-refractivity contribution in [3.63, 3.8) is 0 Å². The lowest BCUT2D eigenvalue weighted by atomic mass is 9.81. The number of hydrogen-bond donors (Lipinski definition) is 0. The second-order valence-corrected chi connectivity index (χ2v) is 3.28. The van der Waals surface area contributed by atoms with E-state index in [1.807, 2.05) is 13.8 Å². The molecule has 0 aromatic heterocycles. The quantitative estimate of drug-likeness (QED) is 0.366. The van der Waals surface area contributed by atoms with Gasteiger partial charge in [0.1, 0.15) is 11.7 Å². The topological polar surface area (TPSA) is 43.4 Å². The van der Waals surface area contributed by atoms with Crippen LogP contribution in [0.25, 0.3) is 0 Å². The van der Waals surface area contributed by atoms with Gasteiger partial charge in [-0.3, -0.25) is 4.79 Å². The molecule has 70 valence electrons. The Balaban J connectivity index is 4.51. The zero-order valence-electron chi connectivity index (χ0n) is 8.09. The first-order valence-corrected chi connectivity index (χ1v) is 4.12. The summed E-state index contributed by atoms with van der Waals surface area (Å²) < 4.78 is 4.79. The van der Waals surface area contributed by atoms with Gasteiger partial charge in [-0.25, -0.2) is 0 Å². The van der Waals surface area contributed by atoms with Crippen LogP contribution in [0.5, 0.6) is 0 Å². The molecule has 0 aliphatic rings. The summed E-state index contributed by atoms with van der Waals surface area (Å²) in [5.41, 5.74) is -0.990. The van der Waals surface area contributed by atoms with E-state index in [1.165, 1.54) is 0 Å². The molecule has 0 fully saturated rings. The lowest BCUT2D eigenvalue weighted by Gasteiger charge is -2.24. The minimum absolute atomic E-state index is 0.0333. The summed E-state index contributed by atoms with van der Waals surface area (Å²) in [5, 5.41) is 0. The van der Waals surface area contributed by atoms with Crippen LogP contribution in [0.3, 0.4) is 0 Å². The van der Waals surface area contributed by atoms with Crippen LogP contribution in [0.4, 0.5) is 0 Å². The molecule has 1 unspecified atom stereocenters. The van der Waals surface area contributed by atoms with Gasteiger partial charge < -0.3 is 9.53 Å². The summed E-state index contributed by atoms with van der Waals surface area (Å²) >= 11 is 0. The van der Waals surface area contributed by atoms with Gasteiger partial charge in [-0.05, 0) is 19.8 Å². The Morgan fingerprint density at radius 3 is 2.33 bits per heavy atom. The highest BCUT2D eigenvalue weighted by Crippen LogP contribution is 2.25. The molecular formula is C9H16O3. The van der Waals surface area contributed by atoms with Gasteiger partial charge in [-0.2, -0.15) is 0 Å². The fourth-order valence-electron chi connectivity index (χ4n) is 0.706. The van der Waals surface area contributed by atoms with E-state index in [9.17, 15) is 9.59 Å². The molecule has 0 aromatic rings. The first kappa shape index (κ1) is 11.1. The number of carbonyl (C=O) groups is 2. The van der Waals surface area contributed by atoms with Crippen molar-refractivity contribution in [2.24, 2.45) is 11.3 Å². The maximum atomic E-state index is 11.3. The third-order valence-electron chi connectivity index (χ3n) is 2.16. The zero-order chi connectivity index (χ0) is 9.78. The van der Waals surface area contributed by atoms with Crippen molar-refractivity contribution in [2.75, 3.05) is 6.61 Å². The van der Waals surface area contributed by atoms with E-state index < -0.39 is 11.4 Å². The molecule has 0 amide bonds. The van der Waals surface area contributed by atoms with Gasteiger partial charge in [-0.15, -0.1) is 0 Å². The minimum Gasteiger partial charge on any atom is -0.465 e. The number of carbonyl (C=O) groups excluding carboxylic acids is 2. The van der Waals surface area contributed by atoms with Crippen LogP contribution in [-0.4, -0.2) is 18.9 Å². The van der Waals surface area contributed by atoms with E-state index in [1.54, 1.807) is 13.8 Å². The Morgan fingerprint density at radius 2 is 2.08 bits per heavy atom. The third kappa shape index (κ3) is 2.06. The first-order chi connectivity index (χ1) is 5.49. The molecule has 0 aromatic carbocycles. The van der Waals surface area contributed by atoms with Crippen molar-refractivity contribution in [1.82, 2.24) is 0 Å². The Labute approximate surface area is 73.1 Å². The van der Waals surface area contributed by atoms with Crippen LogP contribution in [0.1, 0.15) is 27.7 Å². The lowest BCUT2D eigenvalue weighted by molar-refractivity contribution is -0.158. The number of aldehydes is 1. The van der Waals surface area contributed by atoms with E-state index in [2.05, 4.69) is 0 Å². The van der Waals surface area contributed by atoms with Gasteiger partial charge in [-0.1, -0.05) is 13.8 Å². The third-order valence-corrected chi connectivity index (χ3v) is 2.16. The van der Waals surface area contributed by atoms with Crippen LogP contribution in [0.15, 0.2) is 0 Å². The van der Waals surface area contributed by atoms with Gasteiger partial charge in [0, 0.05) is 0 Å². The van der Waals surface area contributed by atoms with Crippen molar-refractivity contribution in [3.8, 4) is 0 Å². The standard InChI is InChI=1S/C9H16O3/c1-5-12-8(11)9(4,6-10)7(2)3/h6-7H,5H2,1-4H3. The monoisotopic (exact) mass is 172 g/mol. The maximum absolute atomic E-state index is 11.3. The van der Waals surface area contributed by atoms with Crippen LogP contribution in [0.2, 0.25) is 0 Å². The highest BCUT2D eigenvalue weighted by molar-refractivity contribution is 5.92. The van der Waals surface area contributed by atoms with Gasteiger partial charge in [0.05, 0.1) is 6.61 Å². The molecule has 0 spiro atoms. The summed E-state index contributed by atoms with van der Waals surface area (Å²) in [6.07, 6.45) is 0.662. The van der Waals surface area contributed by atoms with Crippen molar-refractivity contribution < 1.29 is 14.3 Å². The molecule has 0 rings (SSSR count). The van der Waals surface area contributed by atoms with E-state index in [0.717, 1.165) is 0 Å². The maximum Gasteiger partial charge on any atom is 0.319 e. The predicted molar refractivity (Wildman–Crippen MR) is 45.6 cm³/mol. The Morgan fingerprint density at radius 1 is 1.58 bits per heavy atom. The van der Waals surface area contributed by atoms with E-state index in [4.69, 9.17) is 4.74 Å². The van der Waals surface area contributed by atoms with Gasteiger partial charge in [0.25, 0.3) is 0 Å². The number of ether oxygens (including phenoxy) is 1. The molecular weight excluding hydrogens is 156 g/mol. The molecule has 0 N–H and O–H groups in total. The van der Waals surface area contributed by atoms with Crippen LogP contribution in [0, 0.1) is 11.3 Å². The fraction of sp³-hybridized carbons (Fsp3) is 0.778. The molecule has 12 heavy (non-hydrogen) atoms. The summed E-state index contributed by atoms with van der Waals surface area (Å²) in [6, 6.07) is 0. The first-order valence-electron chi connectivity index (χ1n) is 4.12. The number of rotatable bonds is 4. The highest BCUT2D eigenvalue weighted by atomic mass is 16.5. The molecule has 0 bridgehead atoms. The average molecular weight is 172 g/mol. The highest BCUT2D eigenvalue weighted by Gasteiger charge is 2.37. The molecule has 0 heterocycles. The van der Waals surface area contributed by atoms with Crippen molar-refractivity contribution in [3.05, 3.63) is 0 Å². The van der Waals surface area contributed by atoms with Gasteiger partial charge >= 0.3 is 5.97 Å². The van der Waals surface area contributed by atoms with E-state index in [0.29, 0.717) is 12.9 Å². The number of hydrogen-bond acceptors (Lipinski definition) is 3. The molecule has 3 nitrogen and oxygen atoms in total. The SMILES string of the molecule is CCOC(=O)C(C)(C=O)C(C)C. The molecule has 0 aliphatic heterocycles. The fourth-order valence-corrected chi connectivity index (χ4v) is 0.706. The molecule has 3 heteroatoms. The second kappa shape index (κ2) is 4.24. The van der Waals surface area contributed by atoms with E-state index in [-0.39, 0.29) is 5.92 Å². The summed E-state index contributed by atoms with van der Waals surface area (Å²) in [5.74, 6) is -0.468. The Kier molecular flexibility index (Phi) is 3.93. The lowest BCUT2D eigenvalue weighted by Crippen LogP contribution is -2.36. The van der Waals surface area contributed by atoms with Crippen molar-refractivity contribution >= 4 is 12.3 Å². The largest absolute Gasteiger partial charge is 0.465 e. The molecule has 0 aliphatic carbocycles. The zero-order valence-corrected chi connectivity index (χ0v) is 8.09. The van der Waals surface area contributed by atoms with Crippen molar-refractivity contribution in [1.29, 1.82) is 0 Å². The normalized spacial score (nSPS) is 15.4. The average Bonchev–Trinajstić information content (AvgIpc) is 2.03. The summed E-state index contributed by atoms with van der Waals surface area (Å²) in [7, 11) is 0. The van der Waals surface area contributed by atoms with Gasteiger partial charge in [0.2, 0.25) is 0 Å². The Bertz CT molecular complexity index is 175. The summed E-state index contributed by atoms with van der Waals surface area (Å²) in [4.78, 5) is 22.0. The van der Waals surface area contributed by atoms with Crippen molar-refractivity contribution in [2.45, 2.75) is 27.7 Å². The second-order valence-electron chi connectivity index (χ2n) is 3.28. The van der Waals surface area contributed by atoms with Crippen LogP contribution in [-0.2, 0) is 14.3 Å². The molecule has 0 radical (unpaired) electrons. The number of esters is 1. The smallest absolute Gasteiger partial charge is 0.319 e. The minimum atomic E-state index is -0.990. The van der Waals surface area contributed by atoms with Gasteiger partial charge in [0.15, 0.2) is 0 Å². The van der Waals surface area contributed by atoms with Crippen LogP contribution >= 0.6 is 0 Å².